The van der Waals surface area contributed by atoms with Crippen LogP contribution in [-0.4, -0.2) is 43.4 Å². The van der Waals surface area contributed by atoms with Crippen LogP contribution in [-0.2, 0) is 11.2 Å². The van der Waals surface area contributed by atoms with E-state index in [0.717, 1.165) is 36.6 Å². The Bertz CT molecular complexity index is 730. The monoisotopic (exact) mass is 331 g/mol. The molecule has 1 fully saturated rings. The fourth-order valence-electron chi connectivity index (χ4n) is 2.91. The van der Waals surface area contributed by atoms with Gasteiger partial charge in [0.05, 0.1) is 20.3 Å². The zero-order valence-corrected chi connectivity index (χ0v) is 14.3. The molecule has 1 aliphatic rings. The predicted molar refractivity (Wildman–Crippen MR) is 91.1 cm³/mol. The normalized spacial score (nSPS) is 14.8. The topological polar surface area (TPSA) is 47.5 Å². The number of methoxy groups -OCH3 is 1. The van der Waals surface area contributed by atoms with Crippen LogP contribution >= 0.6 is 0 Å². The summed E-state index contributed by atoms with van der Waals surface area (Å²) in [7, 11) is 1.45. The first kappa shape index (κ1) is 16.6. The van der Waals surface area contributed by atoms with Crippen LogP contribution in [0.1, 0.15) is 18.2 Å². The number of aryl methyl sites for hydroxylation is 1. The van der Waals surface area contributed by atoms with Crippen LogP contribution in [0.15, 0.2) is 18.2 Å². The second kappa shape index (κ2) is 7.13. The van der Waals surface area contributed by atoms with Crippen LogP contribution in [0.25, 0.3) is 11.4 Å². The zero-order valence-electron chi connectivity index (χ0n) is 14.3. The van der Waals surface area contributed by atoms with E-state index in [2.05, 4.69) is 16.8 Å². The van der Waals surface area contributed by atoms with Gasteiger partial charge < -0.3 is 14.4 Å². The molecule has 0 N–H and O–H groups in total. The highest BCUT2D eigenvalue weighted by atomic mass is 19.1. The molecule has 24 heavy (non-hydrogen) atoms. The molecule has 1 aliphatic heterocycles. The van der Waals surface area contributed by atoms with Crippen molar-refractivity contribution >= 4 is 5.82 Å². The van der Waals surface area contributed by atoms with E-state index < -0.39 is 5.82 Å². The van der Waals surface area contributed by atoms with Gasteiger partial charge in [0.1, 0.15) is 5.82 Å². The van der Waals surface area contributed by atoms with Gasteiger partial charge in [0.25, 0.3) is 0 Å². The Morgan fingerprint density at radius 1 is 1.25 bits per heavy atom. The van der Waals surface area contributed by atoms with Gasteiger partial charge in [-0.3, -0.25) is 0 Å². The summed E-state index contributed by atoms with van der Waals surface area (Å²) in [6.45, 7) is 7.10. The molecular weight excluding hydrogens is 309 g/mol. The lowest BCUT2D eigenvalue weighted by atomic mass is 10.1. The second-order valence-electron chi connectivity index (χ2n) is 5.74. The van der Waals surface area contributed by atoms with Gasteiger partial charge in [-0.2, -0.15) is 0 Å². The highest BCUT2D eigenvalue weighted by Gasteiger charge is 2.19. The molecule has 128 valence electrons. The van der Waals surface area contributed by atoms with Crippen LogP contribution in [0.4, 0.5) is 10.2 Å². The van der Waals surface area contributed by atoms with Crippen LogP contribution in [0.5, 0.6) is 5.75 Å². The molecule has 2 heterocycles. The largest absolute Gasteiger partial charge is 0.494 e. The van der Waals surface area contributed by atoms with Gasteiger partial charge in [0.2, 0.25) is 0 Å². The van der Waals surface area contributed by atoms with E-state index in [1.165, 1.54) is 13.2 Å². The summed E-state index contributed by atoms with van der Waals surface area (Å²) in [5, 5.41) is 0. The van der Waals surface area contributed by atoms with E-state index in [1.807, 2.05) is 6.92 Å². The third-order valence-electron chi connectivity index (χ3n) is 4.28. The number of hydrogen-bond acceptors (Lipinski definition) is 5. The minimum atomic E-state index is -0.412. The van der Waals surface area contributed by atoms with Crippen molar-refractivity contribution in [1.29, 1.82) is 0 Å². The number of anilines is 1. The summed E-state index contributed by atoms with van der Waals surface area (Å²) in [5.74, 6) is 1.26. The quantitative estimate of drug-likeness (QED) is 0.862. The van der Waals surface area contributed by atoms with E-state index in [1.54, 1.807) is 12.1 Å². The van der Waals surface area contributed by atoms with Gasteiger partial charge in [-0.25, -0.2) is 14.4 Å². The van der Waals surface area contributed by atoms with E-state index in [0.29, 0.717) is 24.6 Å². The molecule has 0 aliphatic carbocycles. The Hall–Kier alpha value is -2.21. The maximum Gasteiger partial charge on any atom is 0.165 e. The molecule has 0 bridgehead atoms. The van der Waals surface area contributed by atoms with Crippen molar-refractivity contribution in [1.82, 2.24) is 9.97 Å². The summed E-state index contributed by atoms with van der Waals surface area (Å²) in [6.07, 6.45) is 0.803. The molecule has 0 amide bonds. The molecule has 1 aromatic heterocycles. The maximum atomic E-state index is 14.0. The lowest BCUT2D eigenvalue weighted by molar-refractivity contribution is 0.122. The molecule has 1 aromatic carbocycles. The predicted octanol–water partition coefficient (Wildman–Crippen LogP) is 3.00. The Labute approximate surface area is 141 Å². The molecule has 1 saturated heterocycles. The van der Waals surface area contributed by atoms with Crippen LogP contribution in [0.2, 0.25) is 0 Å². The van der Waals surface area contributed by atoms with Crippen molar-refractivity contribution in [2.24, 2.45) is 0 Å². The molecule has 3 rings (SSSR count). The molecule has 0 unspecified atom stereocenters. The van der Waals surface area contributed by atoms with Gasteiger partial charge in [0.15, 0.2) is 17.4 Å². The molecule has 0 spiro atoms. The number of hydrogen-bond donors (Lipinski definition) is 0. The molecular formula is C18H22FN3O2. The minimum absolute atomic E-state index is 0.218. The fraction of sp³-hybridized carbons (Fsp3) is 0.444. The van der Waals surface area contributed by atoms with E-state index in [9.17, 15) is 4.39 Å². The summed E-state index contributed by atoms with van der Waals surface area (Å²) < 4.78 is 24.5. The smallest absolute Gasteiger partial charge is 0.165 e. The number of halogens is 1. The molecule has 2 aromatic rings. The average Bonchev–Trinajstić information content (AvgIpc) is 2.62. The van der Waals surface area contributed by atoms with Gasteiger partial charge in [0, 0.05) is 29.9 Å². The maximum absolute atomic E-state index is 14.0. The van der Waals surface area contributed by atoms with Crippen LogP contribution < -0.4 is 9.64 Å². The second-order valence-corrected chi connectivity index (χ2v) is 5.74. The molecule has 0 atom stereocenters. The fourth-order valence-corrected chi connectivity index (χ4v) is 2.91. The van der Waals surface area contributed by atoms with Crippen molar-refractivity contribution in [2.75, 3.05) is 38.3 Å². The highest BCUT2D eigenvalue weighted by molar-refractivity contribution is 5.61. The first-order valence-corrected chi connectivity index (χ1v) is 8.18. The van der Waals surface area contributed by atoms with Crippen molar-refractivity contribution in [3.8, 4) is 17.1 Å². The molecule has 5 nitrogen and oxygen atoms in total. The number of benzene rings is 1. The van der Waals surface area contributed by atoms with Crippen molar-refractivity contribution in [2.45, 2.75) is 20.3 Å². The van der Waals surface area contributed by atoms with Crippen LogP contribution in [0.3, 0.4) is 0 Å². The zero-order chi connectivity index (χ0) is 17.1. The molecule has 0 radical (unpaired) electrons. The average molecular weight is 331 g/mol. The third-order valence-corrected chi connectivity index (χ3v) is 4.28. The number of morpholine rings is 1. The summed E-state index contributed by atoms with van der Waals surface area (Å²) >= 11 is 0. The number of aromatic nitrogens is 2. The SMILES string of the molecule is CCc1nc(-c2ccc(OC)c(F)c2)nc(N2CCOCC2)c1C. The number of nitrogens with zero attached hydrogens (tertiary/aromatic N) is 3. The van der Waals surface area contributed by atoms with Crippen LogP contribution in [0, 0.1) is 12.7 Å². The number of rotatable bonds is 4. The standard InChI is InChI=1S/C18H22FN3O2/c1-4-15-12(2)18(22-7-9-24-10-8-22)21-17(20-15)13-5-6-16(23-3)14(19)11-13/h5-6,11H,4,7-10H2,1-3H3. The lowest BCUT2D eigenvalue weighted by Gasteiger charge is -2.29. The van der Waals surface area contributed by atoms with Crippen molar-refractivity contribution in [3.63, 3.8) is 0 Å². The lowest BCUT2D eigenvalue weighted by Crippen LogP contribution is -2.37. The van der Waals surface area contributed by atoms with E-state index >= 15 is 0 Å². The van der Waals surface area contributed by atoms with E-state index in [-0.39, 0.29) is 5.75 Å². The molecule has 6 heteroatoms. The first-order chi connectivity index (χ1) is 11.6. The Morgan fingerprint density at radius 3 is 2.62 bits per heavy atom. The van der Waals surface area contributed by atoms with Crippen molar-refractivity contribution in [3.05, 3.63) is 35.3 Å². The summed E-state index contributed by atoms with van der Waals surface area (Å²) in [4.78, 5) is 11.6. The van der Waals surface area contributed by atoms with Gasteiger partial charge in [-0.15, -0.1) is 0 Å². The highest BCUT2D eigenvalue weighted by Crippen LogP contribution is 2.28. The number of ether oxygens (including phenoxy) is 2. The first-order valence-electron chi connectivity index (χ1n) is 8.18. The minimum Gasteiger partial charge on any atom is -0.494 e. The van der Waals surface area contributed by atoms with Crippen molar-refractivity contribution < 1.29 is 13.9 Å². The summed E-state index contributed by atoms with van der Waals surface area (Å²) in [6, 6.07) is 4.81. The van der Waals surface area contributed by atoms with E-state index in [4.69, 9.17) is 14.5 Å². The molecule has 0 saturated carbocycles. The van der Waals surface area contributed by atoms with Gasteiger partial charge in [-0.05, 0) is 31.5 Å². The Kier molecular flexibility index (Phi) is 4.94. The Morgan fingerprint density at radius 2 is 2.00 bits per heavy atom. The van der Waals surface area contributed by atoms with Gasteiger partial charge >= 0.3 is 0 Å². The van der Waals surface area contributed by atoms with Gasteiger partial charge in [-0.1, -0.05) is 6.92 Å². The summed E-state index contributed by atoms with van der Waals surface area (Å²) in [5.41, 5.74) is 2.72. The Balaban J connectivity index is 2.06. The third kappa shape index (κ3) is 3.19.